The van der Waals surface area contributed by atoms with Crippen molar-refractivity contribution in [1.82, 2.24) is 9.46 Å². The lowest BCUT2D eigenvalue weighted by atomic mass is 10.1. The molecule has 1 aliphatic rings. The molecule has 8 heteroatoms. The van der Waals surface area contributed by atoms with Gasteiger partial charge in [0.25, 0.3) is 0 Å². The number of nitrogens with zero attached hydrogens (tertiary/aromatic N) is 2. The lowest BCUT2D eigenvalue weighted by molar-refractivity contribution is -0.119. The number of aryl methyl sites for hydroxylation is 3. The summed E-state index contributed by atoms with van der Waals surface area (Å²) >= 11 is 0. The molecule has 1 aromatic carbocycles. The lowest BCUT2D eigenvalue weighted by Crippen LogP contribution is -2.43. The maximum atomic E-state index is 13.1. The van der Waals surface area contributed by atoms with Gasteiger partial charge in [-0.2, -0.15) is 4.31 Å². The Kier molecular flexibility index (Phi) is 4.90. The Morgan fingerprint density at radius 1 is 1.27 bits per heavy atom. The van der Waals surface area contributed by atoms with E-state index in [4.69, 9.17) is 4.52 Å². The molecule has 0 saturated carbocycles. The van der Waals surface area contributed by atoms with Crippen molar-refractivity contribution >= 4 is 21.6 Å². The highest BCUT2D eigenvalue weighted by atomic mass is 32.2. The van der Waals surface area contributed by atoms with Crippen molar-refractivity contribution < 1.29 is 17.7 Å². The zero-order valence-electron chi connectivity index (χ0n) is 15.4. The van der Waals surface area contributed by atoms with Gasteiger partial charge in [0, 0.05) is 12.2 Å². The normalized spacial score (nSPS) is 18.2. The first-order chi connectivity index (χ1) is 12.2. The van der Waals surface area contributed by atoms with E-state index in [1.807, 2.05) is 32.0 Å². The fourth-order valence-corrected chi connectivity index (χ4v) is 5.30. The van der Waals surface area contributed by atoms with E-state index in [9.17, 15) is 13.2 Å². The fourth-order valence-electron chi connectivity index (χ4n) is 3.35. The first-order valence-electron chi connectivity index (χ1n) is 8.55. The molecule has 1 aliphatic heterocycles. The highest BCUT2D eigenvalue weighted by Gasteiger charge is 2.41. The molecule has 1 amide bonds. The molecule has 0 radical (unpaired) electrons. The van der Waals surface area contributed by atoms with Crippen LogP contribution in [0.5, 0.6) is 0 Å². The van der Waals surface area contributed by atoms with Crippen LogP contribution in [0.1, 0.15) is 35.4 Å². The van der Waals surface area contributed by atoms with Crippen molar-refractivity contribution in [1.29, 1.82) is 0 Å². The van der Waals surface area contributed by atoms with Gasteiger partial charge in [0.05, 0.1) is 0 Å². The minimum Gasteiger partial charge on any atom is -0.360 e. The van der Waals surface area contributed by atoms with Gasteiger partial charge >= 0.3 is 0 Å². The number of rotatable bonds is 4. The number of carbonyl (C=O) groups excluding carboxylic acids is 1. The second kappa shape index (κ2) is 6.85. The van der Waals surface area contributed by atoms with Crippen LogP contribution in [0, 0.1) is 27.7 Å². The summed E-state index contributed by atoms with van der Waals surface area (Å²) in [5.41, 5.74) is 3.05. The van der Waals surface area contributed by atoms with Crippen LogP contribution in [-0.4, -0.2) is 36.4 Å². The number of hydrogen-bond donors (Lipinski definition) is 1. The van der Waals surface area contributed by atoms with Crippen LogP contribution in [0.15, 0.2) is 27.6 Å². The van der Waals surface area contributed by atoms with Crippen molar-refractivity contribution in [3.8, 4) is 0 Å². The Morgan fingerprint density at radius 2 is 2.00 bits per heavy atom. The summed E-state index contributed by atoms with van der Waals surface area (Å²) < 4.78 is 32.4. The topological polar surface area (TPSA) is 92.5 Å². The predicted octanol–water partition coefficient (Wildman–Crippen LogP) is 2.70. The fraction of sp³-hybridized carbons (Fsp3) is 0.444. The van der Waals surface area contributed by atoms with Crippen LogP contribution in [-0.2, 0) is 14.8 Å². The van der Waals surface area contributed by atoms with E-state index in [0.717, 1.165) is 11.1 Å². The first-order valence-corrected chi connectivity index (χ1v) is 9.99. The molecule has 7 nitrogen and oxygen atoms in total. The molecule has 2 heterocycles. The van der Waals surface area contributed by atoms with Gasteiger partial charge in [-0.25, -0.2) is 8.42 Å². The molecule has 1 fully saturated rings. The van der Waals surface area contributed by atoms with Gasteiger partial charge < -0.3 is 9.84 Å². The van der Waals surface area contributed by atoms with Gasteiger partial charge in [0.2, 0.25) is 15.9 Å². The van der Waals surface area contributed by atoms with Crippen LogP contribution in [0.3, 0.4) is 0 Å². The van der Waals surface area contributed by atoms with E-state index >= 15 is 0 Å². The molecule has 1 aromatic heterocycles. The molecular weight excluding hydrogens is 354 g/mol. The van der Waals surface area contributed by atoms with E-state index < -0.39 is 16.1 Å². The Hall–Kier alpha value is -2.19. The van der Waals surface area contributed by atoms with Crippen molar-refractivity contribution in [2.75, 3.05) is 11.9 Å². The molecule has 140 valence electrons. The average molecular weight is 377 g/mol. The maximum absolute atomic E-state index is 13.1. The van der Waals surface area contributed by atoms with Gasteiger partial charge in [0.15, 0.2) is 5.76 Å². The van der Waals surface area contributed by atoms with Gasteiger partial charge in [-0.05, 0) is 57.7 Å². The van der Waals surface area contributed by atoms with E-state index in [1.165, 1.54) is 4.31 Å². The van der Waals surface area contributed by atoms with E-state index in [1.54, 1.807) is 13.8 Å². The number of carbonyl (C=O) groups is 1. The molecule has 0 unspecified atom stereocenters. The largest absolute Gasteiger partial charge is 0.360 e. The minimum atomic E-state index is -3.85. The summed E-state index contributed by atoms with van der Waals surface area (Å²) in [6.45, 7) is 7.35. The molecular formula is C18H23N3O4S. The summed E-state index contributed by atoms with van der Waals surface area (Å²) in [5, 5.41) is 6.62. The Bertz CT molecular complexity index is 930. The minimum absolute atomic E-state index is 0.0592. The van der Waals surface area contributed by atoms with Gasteiger partial charge in [0.1, 0.15) is 16.6 Å². The Labute approximate surface area is 153 Å². The number of hydrogen-bond acceptors (Lipinski definition) is 5. The monoisotopic (exact) mass is 377 g/mol. The molecule has 0 aliphatic carbocycles. The van der Waals surface area contributed by atoms with Crippen LogP contribution < -0.4 is 5.32 Å². The number of amides is 1. The number of sulfonamides is 1. The zero-order chi connectivity index (χ0) is 19.1. The molecule has 2 aromatic rings. The highest BCUT2D eigenvalue weighted by Crippen LogP contribution is 2.30. The highest BCUT2D eigenvalue weighted by molar-refractivity contribution is 7.89. The quantitative estimate of drug-likeness (QED) is 0.884. The number of anilines is 1. The Balaban J connectivity index is 1.88. The van der Waals surface area contributed by atoms with Crippen LogP contribution in [0.25, 0.3) is 0 Å². The van der Waals surface area contributed by atoms with Crippen LogP contribution in [0.2, 0.25) is 0 Å². The SMILES string of the molecule is Cc1cccc(NC(=O)[C@@H]2CCCN2S(=O)(=O)c2c(C)noc2C)c1C. The van der Waals surface area contributed by atoms with Gasteiger partial charge in [-0.1, -0.05) is 17.3 Å². The van der Waals surface area contributed by atoms with E-state index in [2.05, 4.69) is 10.5 Å². The molecule has 0 bridgehead atoms. The molecule has 26 heavy (non-hydrogen) atoms. The summed E-state index contributed by atoms with van der Waals surface area (Å²) in [6.07, 6.45) is 1.12. The number of aromatic nitrogens is 1. The third-order valence-corrected chi connectivity index (χ3v) is 7.06. The van der Waals surface area contributed by atoms with E-state index in [-0.39, 0.29) is 16.6 Å². The second-order valence-corrected chi connectivity index (χ2v) is 8.49. The third kappa shape index (κ3) is 3.14. The maximum Gasteiger partial charge on any atom is 0.249 e. The van der Waals surface area contributed by atoms with Gasteiger partial charge in [-0.3, -0.25) is 4.79 Å². The summed E-state index contributed by atoms with van der Waals surface area (Å²) in [7, 11) is -3.85. The lowest BCUT2D eigenvalue weighted by Gasteiger charge is -2.23. The van der Waals surface area contributed by atoms with Gasteiger partial charge in [-0.15, -0.1) is 0 Å². The second-order valence-electron chi connectivity index (χ2n) is 6.66. The van der Waals surface area contributed by atoms with Crippen molar-refractivity contribution in [3.05, 3.63) is 40.8 Å². The molecule has 1 atom stereocenters. The summed E-state index contributed by atoms with van der Waals surface area (Å²) in [6, 6.07) is 4.91. The zero-order valence-corrected chi connectivity index (χ0v) is 16.2. The summed E-state index contributed by atoms with van der Waals surface area (Å²) in [4.78, 5) is 12.9. The molecule has 3 rings (SSSR count). The van der Waals surface area contributed by atoms with E-state index in [0.29, 0.717) is 30.8 Å². The van der Waals surface area contributed by atoms with Crippen molar-refractivity contribution in [3.63, 3.8) is 0 Å². The van der Waals surface area contributed by atoms with Crippen LogP contribution >= 0.6 is 0 Å². The smallest absolute Gasteiger partial charge is 0.249 e. The third-order valence-electron chi connectivity index (χ3n) is 4.90. The predicted molar refractivity (Wildman–Crippen MR) is 97.4 cm³/mol. The van der Waals surface area contributed by atoms with Crippen LogP contribution in [0.4, 0.5) is 5.69 Å². The number of benzene rings is 1. The molecule has 1 saturated heterocycles. The molecule has 0 spiro atoms. The molecule has 1 N–H and O–H groups in total. The van der Waals surface area contributed by atoms with Crippen molar-refractivity contribution in [2.45, 2.75) is 51.5 Å². The van der Waals surface area contributed by atoms with Crippen molar-refractivity contribution in [2.24, 2.45) is 0 Å². The standard InChI is InChI=1S/C18H23N3O4S/c1-11-7-5-8-15(12(11)2)19-18(22)16-9-6-10-21(16)26(23,24)17-13(3)20-25-14(17)4/h5,7-8,16H,6,9-10H2,1-4H3,(H,19,22)/t16-/m0/s1. The first kappa shape index (κ1) is 18.6. The Morgan fingerprint density at radius 3 is 2.65 bits per heavy atom. The summed E-state index contributed by atoms with van der Waals surface area (Å²) in [5.74, 6) is -0.0744. The number of nitrogens with one attached hydrogen (secondary N) is 1. The average Bonchev–Trinajstić information content (AvgIpc) is 3.19.